The number of hydrogen-bond acceptors (Lipinski definition) is 3. The zero-order valence-electron chi connectivity index (χ0n) is 11.8. The molecule has 0 aliphatic carbocycles. The molecule has 0 N–H and O–H groups in total. The molecule has 0 aliphatic heterocycles. The molecule has 5 nitrogen and oxygen atoms in total. The van der Waals surface area contributed by atoms with Crippen molar-refractivity contribution in [2.45, 2.75) is 37.2 Å². The van der Waals surface area contributed by atoms with Crippen LogP contribution in [0.5, 0.6) is 0 Å². The van der Waals surface area contributed by atoms with Gasteiger partial charge in [-0.05, 0) is 19.9 Å². The highest BCUT2D eigenvalue weighted by Crippen LogP contribution is 2.21. The van der Waals surface area contributed by atoms with Gasteiger partial charge in [-0.3, -0.25) is 0 Å². The number of methoxy groups -OCH3 is 1. The molecule has 19 heavy (non-hydrogen) atoms. The molecule has 1 unspecified atom stereocenters. The van der Waals surface area contributed by atoms with Gasteiger partial charge in [-0.25, -0.2) is 8.42 Å². The van der Waals surface area contributed by atoms with Crippen molar-refractivity contribution in [3.05, 3.63) is 18.0 Å². The summed E-state index contributed by atoms with van der Waals surface area (Å²) < 4.78 is 33.1. The van der Waals surface area contributed by atoms with Gasteiger partial charge in [-0.15, -0.1) is 11.6 Å². The first-order valence-corrected chi connectivity index (χ1v) is 8.07. The lowest BCUT2D eigenvalue weighted by Gasteiger charge is -2.22. The molecule has 0 amide bonds. The van der Waals surface area contributed by atoms with Crippen molar-refractivity contribution in [2.75, 3.05) is 20.8 Å². The number of aromatic nitrogens is 1. The fourth-order valence-corrected chi connectivity index (χ4v) is 3.46. The Bertz CT molecular complexity index is 492. The molecule has 0 saturated carbocycles. The Morgan fingerprint density at radius 1 is 1.53 bits per heavy atom. The molecule has 1 atom stereocenters. The lowest BCUT2D eigenvalue weighted by molar-refractivity contribution is 0.149. The predicted molar refractivity (Wildman–Crippen MR) is 75.9 cm³/mol. The van der Waals surface area contributed by atoms with Crippen molar-refractivity contribution in [1.29, 1.82) is 0 Å². The zero-order chi connectivity index (χ0) is 14.6. The molecule has 110 valence electrons. The molecule has 0 radical (unpaired) electrons. The van der Waals surface area contributed by atoms with Crippen molar-refractivity contribution in [3.63, 3.8) is 0 Å². The highest BCUT2D eigenvalue weighted by molar-refractivity contribution is 7.89. The Morgan fingerprint density at radius 3 is 2.58 bits per heavy atom. The Kier molecular flexibility index (Phi) is 5.85. The van der Waals surface area contributed by atoms with Gasteiger partial charge in [0.15, 0.2) is 0 Å². The molecular weight excluding hydrogens is 288 g/mol. The highest BCUT2D eigenvalue weighted by Gasteiger charge is 2.27. The summed E-state index contributed by atoms with van der Waals surface area (Å²) in [5.41, 5.74) is 0.801. The Morgan fingerprint density at radius 2 is 2.16 bits per heavy atom. The molecular formula is C12H21ClN2O3S. The van der Waals surface area contributed by atoms with E-state index in [0.717, 1.165) is 5.69 Å². The van der Waals surface area contributed by atoms with Gasteiger partial charge in [0.1, 0.15) is 4.90 Å². The SMILES string of the molecule is CCn1cc(S(=O)(=O)N(C)C(C)COC)cc1CCl. The quantitative estimate of drug-likeness (QED) is 0.723. The van der Waals surface area contributed by atoms with Crippen molar-refractivity contribution < 1.29 is 13.2 Å². The fraction of sp³-hybridized carbons (Fsp3) is 0.667. The smallest absolute Gasteiger partial charge is 0.244 e. The molecule has 0 aromatic carbocycles. The number of rotatable bonds is 7. The van der Waals surface area contributed by atoms with Gasteiger partial charge >= 0.3 is 0 Å². The maximum Gasteiger partial charge on any atom is 0.244 e. The summed E-state index contributed by atoms with van der Waals surface area (Å²) in [5.74, 6) is 0.292. The van der Waals surface area contributed by atoms with Crippen LogP contribution in [0.1, 0.15) is 19.5 Å². The predicted octanol–water partition coefficient (Wildman–Crippen LogP) is 1.90. The van der Waals surface area contributed by atoms with Gasteiger partial charge in [0.05, 0.1) is 12.5 Å². The van der Waals surface area contributed by atoms with Gasteiger partial charge in [-0.1, -0.05) is 0 Å². The zero-order valence-corrected chi connectivity index (χ0v) is 13.3. The van der Waals surface area contributed by atoms with E-state index in [1.54, 1.807) is 33.3 Å². The minimum absolute atomic E-state index is 0.223. The van der Waals surface area contributed by atoms with Crippen LogP contribution in [0.25, 0.3) is 0 Å². The Hall–Kier alpha value is -0.560. The van der Waals surface area contributed by atoms with Gasteiger partial charge < -0.3 is 9.30 Å². The van der Waals surface area contributed by atoms with Crippen LogP contribution in [-0.2, 0) is 27.2 Å². The summed E-state index contributed by atoms with van der Waals surface area (Å²) in [6, 6.07) is 1.40. The van der Waals surface area contributed by atoms with Crippen LogP contribution in [0.3, 0.4) is 0 Å². The topological polar surface area (TPSA) is 51.5 Å². The van der Waals surface area contributed by atoms with Crippen LogP contribution in [0, 0.1) is 0 Å². The summed E-state index contributed by atoms with van der Waals surface area (Å²) in [7, 11) is -0.398. The average Bonchev–Trinajstić information content (AvgIpc) is 2.81. The van der Waals surface area contributed by atoms with Crippen LogP contribution < -0.4 is 0 Å². The maximum atomic E-state index is 12.5. The number of hydrogen-bond donors (Lipinski definition) is 0. The van der Waals surface area contributed by atoms with Crippen LogP contribution in [-0.4, -0.2) is 44.1 Å². The van der Waals surface area contributed by atoms with Crippen molar-refractivity contribution in [3.8, 4) is 0 Å². The second kappa shape index (κ2) is 6.74. The lowest BCUT2D eigenvalue weighted by atomic mass is 10.4. The summed E-state index contributed by atoms with van der Waals surface area (Å²) in [6.45, 7) is 4.80. The molecule has 0 saturated heterocycles. The third-order valence-electron chi connectivity index (χ3n) is 3.14. The third-order valence-corrected chi connectivity index (χ3v) is 5.35. The summed E-state index contributed by atoms with van der Waals surface area (Å²) in [4.78, 5) is 0.274. The molecule has 1 rings (SSSR count). The minimum atomic E-state index is -3.51. The van der Waals surface area contributed by atoms with Gasteiger partial charge in [0, 0.05) is 38.6 Å². The van der Waals surface area contributed by atoms with Gasteiger partial charge in [0.2, 0.25) is 10.0 Å². The number of sulfonamides is 1. The van der Waals surface area contributed by atoms with E-state index in [1.807, 2.05) is 11.5 Å². The van der Waals surface area contributed by atoms with Crippen LogP contribution in [0.4, 0.5) is 0 Å². The van der Waals surface area contributed by atoms with Crippen molar-refractivity contribution in [1.82, 2.24) is 8.87 Å². The Balaban J connectivity index is 3.09. The molecule has 1 aromatic rings. The first-order chi connectivity index (χ1) is 8.88. The normalized spacial score (nSPS) is 14.0. The average molecular weight is 309 g/mol. The summed E-state index contributed by atoms with van der Waals surface area (Å²) in [5, 5.41) is 0. The molecule has 0 aliphatic rings. The first-order valence-electron chi connectivity index (χ1n) is 6.10. The molecule has 0 fully saturated rings. The molecule has 1 heterocycles. The van der Waals surface area contributed by atoms with Crippen LogP contribution in [0.15, 0.2) is 17.2 Å². The van der Waals surface area contributed by atoms with E-state index < -0.39 is 10.0 Å². The maximum absolute atomic E-state index is 12.5. The van der Waals surface area contributed by atoms with Gasteiger partial charge in [-0.2, -0.15) is 4.31 Å². The summed E-state index contributed by atoms with van der Waals surface area (Å²) >= 11 is 5.82. The number of aryl methyl sites for hydroxylation is 1. The third kappa shape index (κ3) is 3.51. The molecule has 0 bridgehead atoms. The van der Waals surface area contributed by atoms with E-state index in [4.69, 9.17) is 16.3 Å². The standard InChI is InChI=1S/C12H21ClN2O3S/c1-5-15-8-12(6-11(15)7-13)19(16,17)14(3)10(2)9-18-4/h6,8,10H,5,7,9H2,1-4H3. The van der Waals surface area contributed by atoms with E-state index >= 15 is 0 Å². The first kappa shape index (κ1) is 16.5. The second-order valence-corrected chi connectivity index (χ2v) is 6.68. The number of alkyl halides is 1. The van der Waals surface area contributed by atoms with E-state index in [2.05, 4.69) is 0 Å². The van der Waals surface area contributed by atoms with E-state index in [9.17, 15) is 8.42 Å². The molecule has 0 spiro atoms. The minimum Gasteiger partial charge on any atom is -0.383 e. The van der Waals surface area contributed by atoms with E-state index in [1.165, 1.54) is 4.31 Å². The van der Waals surface area contributed by atoms with E-state index in [-0.39, 0.29) is 10.9 Å². The second-order valence-electron chi connectivity index (χ2n) is 4.41. The monoisotopic (exact) mass is 308 g/mol. The lowest BCUT2D eigenvalue weighted by Crippen LogP contribution is -2.37. The molecule has 1 aromatic heterocycles. The number of likely N-dealkylation sites (N-methyl/N-ethyl adjacent to an activating group) is 1. The number of ether oxygens (including phenoxy) is 1. The van der Waals surface area contributed by atoms with Gasteiger partial charge in [0.25, 0.3) is 0 Å². The van der Waals surface area contributed by atoms with Crippen molar-refractivity contribution >= 4 is 21.6 Å². The Labute approximate surface area is 120 Å². The fourth-order valence-electron chi connectivity index (χ4n) is 1.82. The molecule has 7 heteroatoms. The summed E-state index contributed by atoms with van der Waals surface area (Å²) in [6.07, 6.45) is 1.63. The highest BCUT2D eigenvalue weighted by atomic mass is 35.5. The number of halogens is 1. The van der Waals surface area contributed by atoms with Crippen LogP contribution in [0.2, 0.25) is 0 Å². The van der Waals surface area contributed by atoms with Crippen LogP contribution >= 0.6 is 11.6 Å². The number of nitrogens with zero attached hydrogens (tertiary/aromatic N) is 2. The van der Waals surface area contributed by atoms with Crippen molar-refractivity contribution in [2.24, 2.45) is 0 Å². The van der Waals surface area contributed by atoms with E-state index in [0.29, 0.717) is 19.0 Å². The largest absolute Gasteiger partial charge is 0.383 e.